The monoisotopic (exact) mass is 294 g/mol. The third kappa shape index (κ3) is 4.23. The molecule has 1 aliphatic carbocycles. The summed E-state index contributed by atoms with van der Waals surface area (Å²) < 4.78 is 5.74. The number of nitrogen functional groups attached to an aromatic ring is 1. The van der Waals surface area contributed by atoms with Crippen LogP contribution in [0.5, 0.6) is 5.75 Å². The van der Waals surface area contributed by atoms with Crippen LogP contribution in [0, 0.1) is 0 Å². The molecule has 20 heavy (non-hydrogen) atoms. The molecule has 0 saturated heterocycles. The van der Waals surface area contributed by atoms with Crippen molar-refractivity contribution in [3.63, 3.8) is 0 Å². The molecular formula is C16H26N2OS. The normalized spacial score (nSPS) is 22.2. The molecule has 4 heteroatoms. The zero-order valence-corrected chi connectivity index (χ0v) is 13.5. The SMILES string of the molecule is CCSC1CCC(Nc2ccc(N)c(OC(C)C)c2)C1. The molecule has 1 aliphatic rings. The lowest BCUT2D eigenvalue weighted by Gasteiger charge is -2.17. The summed E-state index contributed by atoms with van der Waals surface area (Å²) in [5, 5.41) is 4.44. The first-order valence-electron chi connectivity index (χ1n) is 7.52. The van der Waals surface area contributed by atoms with Gasteiger partial charge in [-0.3, -0.25) is 0 Å². The third-order valence-corrected chi connectivity index (χ3v) is 4.77. The molecule has 0 aliphatic heterocycles. The number of hydrogen-bond donors (Lipinski definition) is 2. The van der Waals surface area contributed by atoms with E-state index in [9.17, 15) is 0 Å². The number of thioether (sulfide) groups is 1. The van der Waals surface area contributed by atoms with Crippen molar-refractivity contribution in [1.82, 2.24) is 0 Å². The van der Waals surface area contributed by atoms with Gasteiger partial charge in [0.2, 0.25) is 0 Å². The molecule has 1 aromatic rings. The zero-order chi connectivity index (χ0) is 14.5. The van der Waals surface area contributed by atoms with Gasteiger partial charge in [0.05, 0.1) is 11.8 Å². The number of benzene rings is 1. The molecule has 3 nitrogen and oxygen atoms in total. The van der Waals surface area contributed by atoms with Gasteiger partial charge in [0.1, 0.15) is 5.75 Å². The Labute approximate surface area is 126 Å². The average Bonchev–Trinajstić information content (AvgIpc) is 2.81. The molecule has 2 unspecified atom stereocenters. The predicted molar refractivity (Wildman–Crippen MR) is 89.8 cm³/mol. The first-order chi connectivity index (χ1) is 9.58. The van der Waals surface area contributed by atoms with Crippen molar-refractivity contribution in [3.8, 4) is 5.75 Å². The molecule has 0 spiro atoms. The van der Waals surface area contributed by atoms with E-state index in [4.69, 9.17) is 10.5 Å². The Morgan fingerprint density at radius 1 is 1.40 bits per heavy atom. The quantitative estimate of drug-likeness (QED) is 0.774. The number of hydrogen-bond acceptors (Lipinski definition) is 4. The Kier molecular flexibility index (Phi) is 5.46. The van der Waals surface area contributed by atoms with Crippen molar-refractivity contribution < 1.29 is 4.74 Å². The van der Waals surface area contributed by atoms with Gasteiger partial charge in [-0.2, -0.15) is 11.8 Å². The molecule has 0 amide bonds. The topological polar surface area (TPSA) is 47.3 Å². The molecule has 1 fully saturated rings. The van der Waals surface area contributed by atoms with Gasteiger partial charge in [-0.05, 0) is 51.0 Å². The first-order valence-corrected chi connectivity index (χ1v) is 8.57. The van der Waals surface area contributed by atoms with E-state index in [1.807, 2.05) is 32.0 Å². The van der Waals surface area contributed by atoms with Crippen molar-refractivity contribution in [1.29, 1.82) is 0 Å². The van der Waals surface area contributed by atoms with Crippen LogP contribution in [0.2, 0.25) is 0 Å². The summed E-state index contributed by atoms with van der Waals surface area (Å²) in [5.74, 6) is 1.99. The van der Waals surface area contributed by atoms with Gasteiger partial charge in [0, 0.05) is 23.0 Å². The molecule has 0 radical (unpaired) electrons. The van der Waals surface area contributed by atoms with Gasteiger partial charge in [0.25, 0.3) is 0 Å². The summed E-state index contributed by atoms with van der Waals surface area (Å²) in [6, 6.07) is 6.57. The fourth-order valence-electron chi connectivity index (χ4n) is 2.67. The third-order valence-electron chi connectivity index (χ3n) is 3.53. The van der Waals surface area contributed by atoms with Crippen LogP contribution in [0.15, 0.2) is 18.2 Å². The summed E-state index contributed by atoms with van der Waals surface area (Å²) in [6.07, 6.45) is 3.97. The van der Waals surface area contributed by atoms with Crippen LogP contribution in [-0.2, 0) is 0 Å². The van der Waals surface area contributed by atoms with Crippen LogP contribution >= 0.6 is 11.8 Å². The molecule has 1 saturated carbocycles. The van der Waals surface area contributed by atoms with E-state index in [1.54, 1.807) is 0 Å². The second-order valence-corrected chi connectivity index (χ2v) is 7.23. The maximum atomic E-state index is 5.95. The molecule has 3 N–H and O–H groups in total. The lowest BCUT2D eigenvalue weighted by atomic mass is 10.2. The predicted octanol–water partition coefficient (Wildman–Crippen LogP) is 4.14. The summed E-state index contributed by atoms with van der Waals surface area (Å²) in [5.41, 5.74) is 7.77. The average molecular weight is 294 g/mol. The van der Waals surface area contributed by atoms with Crippen molar-refractivity contribution in [3.05, 3.63) is 18.2 Å². The molecule has 112 valence electrons. The minimum Gasteiger partial charge on any atom is -0.489 e. The highest BCUT2D eigenvalue weighted by molar-refractivity contribution is 7.99. The molecule has 1 aromatic carbocycles. The van der Waals surface area contributed by atoms with Gasteiger partial charge in [-0.15, -0.1) is 0 Å². The highest BCUT2D eigenvalue weighted by Gasteiger charge is 2.24. The second kappa shape index (κ2) is 7.11. The minimum atomic E-state index is 0.143. The van der Waals surface area contributed by atoms with E-state index in [0.29, 0.717) is 11.7 Å². The van der Waals surface area contributed by atoms with Crippen LogP contribution in [0.1, 0.15) is 40.0 Å². The smallest absolute Gasteiger partial charge is 0.144 e. The van der Waals surface area contributed by atoms with Gasteiger partial charge in [-0.25, -0.2) is 0 Å². The van der Waals surface area contributed by atoms with E-state index in [0.717, 1.165) is 16.7 Å². The Bertz CT molecular complexity index is 436. The van der Waals surface area contributed by atoms with Crippen LogP contribution in [0.25, 0.3) is 0 Å². The van der Waals surface area contributed by atoms with Crippen LogP contribution < -0.4 is 15.8 Å². The number of ether oxygens (including phenoxy) is 1. The van der Waals surface area contributed by atoms with E-state index in [1.165, 1.54) is 25.0 Å². The van der Waals surface area contributed by atoms with E-state index < -0.39 is 0 Å². The fraction of sp³-hybridized carbons (Fsp3) is 0.625. The van der Waals surface area contributed by atoms with Gasteiger partial charge < -0.3 is 15.8 Å². The highest BCUT2D eigenvalue weighted by atomic mass is 32.2. The molecule has 0 bridgehead atoms. The minimum absolute atomic E-state index is 0.143. The van der Waals surface area contributed by atoms with Crippen LogP contribution in [0.4, 0.5) is 11.4 Å². The summed E-state index contributed by atoms with van der Waals surface area (Å²) >= 11 is 2.08. The Morgan fingerprint density at radius 3 is 2.90 bits per heavy atom. The zero-order valence-electron chi connectivity index (χ0n) is 12.7. The van der Waals surface area contributed by atoms with E-state index in [-0.39, 0.29) is 6.10 Å². The van der Waals surface area contributed by atoms with Crippen molar-refractivity contribution in [2.24, 2.45) is 0 Å². The Morgan fingerprint density at radius 2 is 2.20 bits per heavy atom. The first kappa shape index (κ1) is 15.4. The van der Waals surface area contributed by atoms with Gasteiger partial charge in [-0.1, -0.05) is 6.92 Å². The van der Waals surface area contributed by atoms with Crippen molar-refractivity contribution in [2.45, 2.75) is 57.4 Å². The molecule has 2 atom stereocenters. The summed E-state index contributed by atoms with van der Waals surface area (Å²) in [4.78, 5) is 0. The molecular weight excluding hydrogens is 268 g/mol. The van der Waals surface area contributed by atoms with E-state index in [2.05, 4.69) is 24.0 Å². The largest absolute Gasteiger partial charge is 0.489 e. The standard InChI is InChI=1S/C16H26N2OS/c1-4-20-14-7-5-12(9-14)18-13-6-8-15(17)16(10-13)19-11(2)3/h6,8,10-12,14,18H,4-5,7,9,17H2,1-3H3. The highest BCUT2D eigenvalue weighted by Crippen LogP contribution is 2.33. The lowest BCUT2D eigenvalue weighted by Crippen LogP contribution is -2.16. The lowest BCUT2D eigenvalue weighted by molar-refractivity contribution is 0.244. The van der Waals surface area contributed by atoms with Gasteiger partial charge in [0.15, 0.2) is 0 Å². The number of anilines is 2. The maximum Gasteiger partial charge on any atom is 0.144 e. The van der Waals surface area contributed by atoms with Crippen molar-refractivity contribution >= 4 is 23.1 Å². The fourth-order valence-corrected chi connectivity index (χ4v) is 3.82. The number of rotatable bonds is 6. The Balaban J connectivity index is 1.96. The van der Waals surface area contributed by atoms with E-state index >= 15 is 0 Å². The summed E-state index contributed by atoms with van der Waals surface area (Å²) in [7, 11) is 0. The van der Waals surface area contributed by atoms with Gasteiger partial charge >= 0.3 is 0 Å². The summed E-state index contributed by atoms with van der Waals surface area (Å²) in [6.45, 7) is 6.27. The van der Waals surface area contributed by atoms with Crippen LogP contribution in [-0.4, -0.2) is 23.1 Å². The number of nitrogens with two attached hydrogens (primary N) is 1. The maximum absolute atomic E-state index is 5.95. The molecule has 0 heterocycles. The molecule has 0 aromatic heterocycles. The Hall–Kier alpha value is -1.03. The van der Waals surface area contributed by atoms with Crippen LogP contribution in [0.3, 0.4) is 0 Å². The second-order valence-electron chi connectivity index (χ2n) is 5.65. The molecule has 2 rings (SSSR count). The van der Waals surface area contributed by atoms with Crippen molar-refractivity contribution in [2.75, 3.05) is 16.8 Å². The number of nitrogens with one attached hydrogen (secondary N) is 1.